The van der Waals surface area contributed by atoms with Crippen molar-refractivity contribution in [2.24, 2.45) is 5.92 Å². The number of fused-ring (bicyclic) bond motifs is 5. The van der Waals surface area contributed by atoms with Gasteiger partial charge in [-0.05, 0) is 51.1 Å². The molecular weight excluding hydrogens is 1320 g/mol. The number of ether oxygens (including phenoxy) is 15. The van der Waals surface area contributed by atoms with Gasteiger partial charge in [0.15, 0.2) is 37.4 Å². The largest absolute Gasteiger partial charge is 0.491 e. The van der Waals surface area contributed by atoms with E-state index in [-0.39, 0.29) is 52.2 Å². The van der Waals surface area contributed by atoms with Gasteiger partial charge in [0.05, 0.1) is 39.6 Å². The smallest absolute Gasteiger partial charge is 0.322 e. The van der Waals surface area contributed by atoms with E-state index in [0.717, 1.165) is 44.5 Å². The molecule has 1 aliphatic carbocycles. The number of carbonyl (C=O) groups is 4. The summed E-state index contributed by atoms with van der Waals surface area (Å²) in [6, 6.07) is 69.7. The van der Waals surface area contributed by atoms with Crippen molar-refractivity contribution < 1.29 is 95.3 Å². The molecule has 3 N–H and O–H groups in total. The van der Waals surface area contributed by atoms with Gasteiger partial charge in [0.25, 0.3) is 0 Å². The van der Waals surface area contributed by atoms with Gasteiger partial charge in [0.2, 0.25) is 11.8 Å². The molecule has 5 aliphatic heterocycles. The number of para-hydroxylation sites is 1. The van der Waals surface area contributed by atoms with Crippen molar-refractivity contribution in [2.45, 2.75) is 144 Å². The summed E-state index contributed by atoms with van der Waals surface area (Å²) in [5.74, 6) is -5.44. The minimum Gasteiger partial charge on any atom is -0.491 e. The van der Waals surface area contributed by atoms with Crippen LogP contribution in [-0.4, -0.2) is 154 Å². The number of rotatable bonds is 27. The fourth-order valence-corrected chi connectivity index (χ4v) is 14.2. The number of aliphatic carboxylic acids is 1. The molecule has 0 radical (unpaired) electrons. The molecule has 8 aromatic carbocycles. The van der Waals surface area contributed by atoms with E-state index < -0.39 is 141 Å². The van der Waals surface area contributed by atoms with Crippen LogP contribution in [0.2, 0.25) is 0 Å². The predicted molar refractivity (Wildman–Crippen MR) is 370 cm³/mol. The highest BCUT2D eigenvalue weighted by Gasteiger charge is 2.59. The van der Waals surface area contributed by atoms with Crippen molar-refractivity contribution in [3.05, 3.63) is 269 Å². The number of esters is 1. The normalized spacial score (nSPS) is 28.2. The first-order valence-corrected chi connectivity index (χ1v) is 34.8. The second kappa shape index (κ2) is 33.6. The summed E-state index contributed by atoms with van der Waals surface area (Å²) in [5.41, 5.74) is 7.81. The molecule has 0 aromatic heterocycles. The van der Waals surface area contributed by atoms with Gasteiger partial charge in [-0.2, -0.15) is 0 Å². The number of benzene rings is 8. The Kier molecular flexibility index (Phi) is 23.1. The SMILES string of the molecule is CC(=O)N[C@H]1[C@H](O[C@H]2C3OC(c4ccccc4)OCC3O[C@H](OCC(C(=O)O)C(=O)OCC3c4ccccc4-c4ccccc43)[C@@H]2NC(C)=O)O[C@H](COc2ccccc2)[C@@H](O[C@@H]2OC3COC(c4ccccc4)OC3[C@H](OCc3ccccc3)[C@H]2OCc2ccccc2)[C@@H]1OCc1ccccc1. The van der Waals surface area contributed by atoms with Crippen LogP contribution in [0, 0.1) is 5.92 Å². The van der Waals surface area contributed by atoms with E-state index in [0.29, 0.717) is 11.3 Å². The summed E-state index contributed by atoms with van der Waals surface area (Å²) >= 11 is 0. The molecule has 7 unspecified atom stereocenters. The van der Waals surface area contributed by atoms with Crippen LogP contribution in [0.3, 0.4) is 0 Å². The Morgan fingerprint density at radius 3 is 1.40 bits per heavy atom. The molecule has 8 aromatic rings. The first-order valence-electron chi connectivity index (χ1n) is 34.8. The van der Waals surface area contributed by atoms with Gasteiger partial charge in [0.1, 0.15) is 92.1 Å². The molecule has 18 atom stereocenters. The molecule has 103 heavy (non-hydrogen) atoms. The van der Waals surface area contributed by atoms with Crippen molar-refractivity contribution in [1.82, 2.24) is 10.6 Å². The van der Waals surface area contributed by atoms with Gasteiger partial charge in [-0.3, -0.25) is 19.2 Å². The van der Waals surface area contributed by atoms with Crippen molar-refractivity contribution >= 4 is 23.8 Å². The number of hydrogen-bond donors (Lipinski definition) is 3. The highest BCUT2D eigenvalue weighted by Crippen LogP contribution is 2.46. The molecule has 22 heteroatoms. The minimum atomic E-state index is -1.88. The third kappa shape index (κ3) is 16.9. The van der Waals surface area contributed by atoms with Crippen LogP contribution >= 0.6 is 0 Å². The monoisotopic (exact) mass is 1400 g/mol. The topological polar surface area (TPSA) is 251 Å². The average Bonchev–Trinajstić information content (AvgIpc) is 1.39. The summed E-state index contributed by atoms with van der Waals surface area (Å²) in [4.78, 5) is 55.5. The van der Waals surface area contributed by atoms with Gasteiger partial charge in [-0.25, -0.2) is 0 Å². The van der Waals surface area contributed by atoms with E-state index in [1.807, 2.05) is 218 Å². The fourth-order valence-electron chi connectivity index (χ4n) is 14.2. The highest BCUT2D eigenvalue weighted by molar-refractivity contribution is 5.94. The van der Waals surface area contributed by atoms with Crippen LogP contribution < -0.4 is 15.4 Å². The maximum Gasteiger partial charge on any atom is 0.322 e. The fraction of sp³-hybridized carbons (Fsp3) is 0.358. The van der Waals surface area contributed by atoms with Crippen molar-refractivity contribution in [2.75, 3.05) is 33.0 Å². The number of nitrogens with one attached hydrogen (secondary N) is 2. The molecule has 0 spiro atoms. The summed E-state index contributed by atoms with van der Waals surface area (Å²) in [5, 5.41) is 16.9. The molecule has 5 heterocycles. The van der Waals surface area contributed by atoms with Crippen LogP contribution in [0.25, 0.3) is 11.1 Å². The first kappa shape index (κ1) is 70.9. The van der Waals surface area contributed by atoms with Crippen molar-refractivity contribution in [1.29, 1.82) is 0 Å². The number of carboxylic acid groups (broad SMARTS) is 1. The predicted octanol–water partition coefficient (Wildman–Crippen LogP) is 10.1. The zero-order valence-electron chi connectivity index (χ0n) is 56.8. The summed E-state index contributed by atoms with van der Waals surface area (Å²) in [6.07, 6.45) is -17.0. The van der Waals surface area contributed by atoms with Gasteiger partial charge < -0.3 is 86.8 Å². The standard InChI is InChI=1S/C81H82N2O20/c1-49(84)82-66-71(90-41-51-25-9-3-10-26-51)68(102-81-74(92-43-53-29-13-5-14-30-53)73(91-42-52-27-11-4-12-28-52)70-65(99-81)48-96-78(101-70)55-33-17-7-18-34-55)63(46-89-56-35-19-8-20-36-56)98-80(66)103-72-67(83-50(2)85)79(97-64-47-95-77(100-69(64)72)54-31-15-6-16-32-54)94-45-62(75(86)87)76(88)93-44-61-59-39-23-21-37-57(59)58-38-22-24-40-60(58)61/h3-40,61-74,77-81H,41-48H2,1-2H3,(H,82,84)(H,83,85)(H,86,87)/t62?,63-,64?,65?,66-,67-,68-,69?,70?,71-,72-,73+,74-,77?,78?,79+,80+,81+/m1/s1. The lowest BCUT2D eigenvalue weighted by Gasteiger charge is -2.53. The van der Waals surface area contributed by atoms with E-state index in [1.165, 1.54) is 13.8 Å². The molecule has 14 rings (SSSR count). The Morgan fingerprint density at radius 1 is 0.447 bits per heavy atom. The highest BCUT2D eigenvalue weighted by atomic mass is 16.8. The molecular formula is C81H82N2O20. The molecule has 22 nitrogen and oxygen atoms in total. The van der Waals surface area contributed by atoms with Gasteiger partial charge in [-0.15, -0.1) is 0 Å². The lowest BCUT2D eigenvalue weighted by molar-refractivity contribution is -0.397. The van der Waals surface area contributed by atoms with Crippen LogP contribution in [0.15, 0.2) is 231 Å². The summed E-state index contributed by atoms with van der Waals surface area (Å²) in [7, 11) is 0. The third-order valence-electron chi connectivity index (χ3n) is 19.1. The molecule has 6 aliphatic rings. The molecule has 2 amide bonds. The lowest BCUT2D eigenvalue weighted by atomic mass is 9.93. The van der Waals surface area contributed by atoms with E-state index in [4.69, 9.17) is 71.1 Å². The van der Waals surface area contributed by atoms with Crippen LogP contribution in [0.1, 0.15) is 71.3 Å². The van der Waals surface area contributed by atoms with Crippen LogP contribution in [0.4, 0.5) is 0 Å². The van der Waals surface area contributed by atoms with E-state index in [2.05, 4.69) is 10.6 Å². The van der Waals surface area contributed by atoms with Gasteiger partial charge >= 0.3 is 11.9 Å². The molecule has 5 fully saturated rings. The maximum atomic E-state index is 14.2. The second-order valence-corrected chi connectivity index (χ2v) is 26.1. The Balaban J connectivity index is 0.821. The lowest BCUT2D eigenvalue weighted by Crippen LogP contribution is -2.72. The van der Waals surface area contributed by atoms with Crippen molar-refractivity contribution in [3.8, 4) is 16.9 Å². The quantitative estimate of drug-likeness (QED) is 0.0320. The Bertz CT molecular complexity index is 4030. The van der Waals surface area contributed by atoms with Crippen LogP contribution in [-0.2, 0) is 105 Å². The third-order valence-corrected chi connectivity index (χ3v) is 19.1. The number of hydrogen-bond acceptors (Lipinski definition) is 19. The first-order chi connectivity index (χ1) is 50.5. The molecule has 0 bridgehead atoms. The summed E-state index contributed by atoms with van der Waals surface area (Å²) < 4.78 is 103. The number of amides is 2. The van der Waals surface area contributed by atoms with E-state index >= 15 is 0 Å². The van der Waals surface area contributed by atoms with E-state index in [1.54, 1.807) is 12.1 Å². The van der Waals surface area contributed by atoms with Crippen LogP contribution in [0.5, 0.6) is 5.75 Å². The zero-order valence-corrected chi connectivity index (χ0v) is 56.8. The number of carboxylic acids is 1. The Labute approximate surface area is 596 Å². The van der Waals surface area contributed by atoms with Gasteiger partial charge in [0, 0.05) is 30.9 Å². The van der Waals surface area contributed by atoms with Gasteiger partial charge in [-0.1, -0.05) is 218 Å². The molecule has 0 saturated carbocycles. The zero-order chi connectivity index (χ0) is 70.6. The molecule has 536 valence electrons. The minimum absolute atomic E-state index is 0.0318. The van der Waals surface area contributed by atoms with E-state index in [9.17, 15) is 24.3 Å². The summed E-state index contributed by atoms with van der Waals surface area (Å²) in [6.45, 7) is 1.61. The Morgan fingerprint density at radius 2 is 0.883 bits per heavy atom. The Hall–Kier alpha value is -9.08. The number of carbonyl (C=O) groups excluding carboxylic acids is 3. The van der Waals surface area contributed by atoms with Crippen molar-refractivity contribution in [3.63, 3.8) is 0 Å². The second-order valence-electron chi connectivity index (χ2n) is 26.1. The maximum absolute atomic E-state index is 14.2. The average molecular weight is 1400 g/mol. The molecule has 5 saturated heterocycles.